The summed E-state index contributed by atoms with van der Waals surface area (Å²) in [6.07, 6.45) is 7.77. The predicted octanol–water partition coefficient (Wildman–Crippen LogP) is 5.89. The van der Waals surface area contributed by atoms with Crippen molar-refractivity contribution in [3.63, 3.8) is 0 Å². The third-order valence-electron chi connectivity index (χ3n) is 5.21. The first-order valence-electron chi connectivity index (χ1n) is 10.00. The van der Waals surface area contributed by atoms with E-state index in [-0.39, 0.29) is 21.2 Å². The van der Waals surface area contributed by atoms with Gasteiger partial charge >= 0.3 is 0 Å². The number of amides is 1. The fourth-order valence-corrected chi connectivity index (χ4v) is 2.90. The Hall–Kier alpha value is -2.72. The van der Waals surface area contributed by atoms with E-state index in [1.165, 1.54) is 6.07 Å². The lowest BCUT2D eigenvalue weighted by Crippen LogP contribution is -2.23. The highest BCUT2D eigenvalue weighted by Gasteiger charge is 2.57. The second-order valence-electron chi connectivity index (χ2n) is 7.74. The van der Waals surface area contributed by atoms with Crippen molar-refractivity contribution in [2.45, 2.75) is 53.4 Å². The predicted molar refractivity (Wildman–Crippen MR) is 122 cm³/mol. The number of terminal acetylenes is 1. The number of carbonyl (C=O) groups excluding carboxylic acids is 1. The van der Waals surface area contributed by atoms with Crippen molar-refractivity contribution in [2.24, 2.45) is 12.5 Å². The maximum atomic E-state index is 13.4. The quantitative estimate of drug-likeness (QED) is 0.585. The molecule has 0 bridgehead atoms. The first-order chi connectivity index (χ1) is 14.3. The number of nitrogens with zero attached hydrogens (tertiary/aromatic N) is 1. The van der Waals surface area contributed by atoms with Gasteiger partial charge in [-0.3, -0.25) is 4.79 Å². The van der Waals surface area contributed by atoms with E-state index in [0.717, 1.165) is 18.1 Å². The standard InChI is InChI=1S/C15H17FN2O.C7H8F2.C2H6O.2H2/c1-9-7-14(18(4)8-9)15(19)17-13-6-5-12(16)10(2)11(13)3;1-3-7(4-5-7)6(2,8)9;1-2-3;;/h5-8H,1-4H3,(H,17,19);1H,4-5H2,2H3;3H,2H2,1H3;2*1H. The second-order valence-corrected chi connectivity index (χ2v) is 7.74. The van der Waals surface area contributed by atoms with Crippen molar-refractivity contribution in [2.75, 3.05) is 11.9 Å². The van der Waals surface area contributed by atoms with Gasteiger partial charge in [0.05, 0.1) is 5.41 Å². The highest BCUT2D eigenvalue weighted by molar-refractivity contribution is 6.03. The molecular formula is C24H35F3N2O2. The number of anilines is 1. The maximum absolute atomic E-state index is 13.4. The average Bonchev–Trinajstić information content (AvgIpc) is 3.42. The van der Waals surface area contributed by atoms with Crippen molar-refractivity contribution in [3.05, 3.63) is 52.6 Å². The van der Waals surface area contributed by atoms with E-state index in [2.05, 4.69) is 11.2 Å². The summed E-state index contributed by atoms with van der Waals surface area (Å²) < 4.78 is 40.0. The van der Waals surface area contributed by atoms with Crippen LogP contribution in [0.5, 0.6) is 0 Å². The number of hydrogen-bond acceptors (Lipinski definition) is 2. The number of benzene rings is 1. The molecule has 1 heterocycles. The topological polar surface area (TPSA) is 54.3 Å². The number of aryl methyl sites for hydroxylation is 2. The zero-order valence-corrected chi connectivity index (χ0v) is 18.9. The van der Waals surface area contributed by atoms with E-state index in [1.54, 1.807) is 31.4 Å². The summed E-state index contributed by atoms with van der Waals surface area (Å²) in [6.45, 7) is 8.25. The summed E-state index contributed by atoms with van der Waals surface area (Å²) >= 11 is 0. The summed E-state index contributed by atoms with van der Waals surface area (Å²) in [5, 5.41) is 10.4. The van der Waals surface area contributed by atoms with Gasteiger partial charge in [0.2, 0.25) is 0 Å². The van der Waals surface area contributed by atoms with E-state index < -0.39 is 11.3 Å². The average molecular weight is 441 g/mol. The SMILES string of the molecule is C#CC1(C(C)(F)F)CC1.CCO.Cc1cc(C(=O)Nc2ccc(F)c(C)c2C)n(C)c1.[HH].[HH]. The summed E-state index contributed by atoms with van der Waals surface area (Å²) in [5.41, 5.74) is 2.48. The van der Waals surface area contributed by atoms with E-state index in [1.807, 2.05) is 26.2 Å². The Labute approximate surface area is 185 Å². The first kappa shape index (κ1) is 26.3. The molecule has 2 N–H and O–H groups in total. The molecule has 1 aliphatic carbocycles. The van der Waals surface area contributed by atoms with Crippen LogP contribution in [0.25, 0.3) is 0 Å². The van der Waals surface area contributed by atoms with E-state index in [0.29, 0.717) is 29.8 Å². The Morgan fingerprint density at radius 1 is 1.32 bits per heavy atom. The van der Waals surface area contributed by atoms with E-state index in [4.69, 9.17) is 11.5 Å². The monoisotopic (exact) mass is 440 g/mol. The number of alkyl halides is 2. The number of nitrogens with one attached hydrogen (secondary N) is 1. The van der Waals surface area contributed by atoms with Gasteiger partial charge in [0.1, 0.15) is 11.5 Å². The van der Waals surface area contributed by atoms with Gasteiger partial charge in [0, 0.05) is 35.3 Å². The highest BCUT2D eigenvalue weighted by atomic mass is 19.3. The normalized spacial score (nSPS) is 13.7. The maximum Gasteiger partial charge on any atom is 0.272 e. The molecule has 0 radical (unpaired) electrons. The van der Waals surface area contributed by atoms with Crippen LogP contribution < -0.4 is 5.32 Å². The summed E-state index contributed by atoms with van der Waals surface area (Å²) in [4.78, 5) is 12.2. The fraction of sp³-hybridized carbons (Fsp3) is 0.458. The van der Waals surface area contributed by atoms with Crippen molar-refractivity contribution < 1.29 is 25.9 Å². The van der Waals surface area contributed by atoms with Gasteiger partial charge in [-0.25, -0.2) is 13.2 Å². The number of aliphatic hydroxyl groups is 1. The largest absolute Gasteiger partial charge is 0.397 e. The Balaban J connectivity index is 0. The molecule has 31 heavy (non-hydrogen) atoms. The zero-order chi connectivity index (χ0) is 24.0. The summed E-state index contributed by atoms with van der Waals surface area (Å²) in [7, 11) is 1.82. The fourth-order valence-electron chi connectivity index (χ4n) is 2.90. The molecule has 4 nitrogen and oxygen atoms in total. The lowest BCUT2D eigenvalue weighted by atomic mass is 10.0. The van der Waals surface area contributed by atoms with Crippen molar-refractivity contribution in [1.82, 2.24) is 4.57 Å². The van der Waals surface area contributed by atoms with Crippen molar-refractivity contribution >= 4 is 11.6 Å². The lowest BCUT2D eigenvalue weighted by Gasteiger charge is -2.15. The molecule has 0 aliphatic heterocycles. The van der Waals surface area contributed by atoms with Crippen LogP contribution in [0.3, 0.4) is 0 Å². The Morgan fingerprint density at radius 3 is 2.23 bits per heavy atom. The van der Waals surface area contributed by atoms with Crippen molar-refractivity contribution in [3.8, 4) is 12.3 Å². The lowest BCUT2D eigenvalue weighted by molar-refractivity contribution is -0.0294. The third-order valence-corrected chi connectivity index (χ3v) is 5.21. The molecule has 2 aromatic rings. The van der Waals surface area contributed by atoms with Crippen LogP contribution in [0.15, 0.2) is 24.4 Å². The van der Waals surface area contributed by atoms with Crippen LogP contribution in [0, 0.1) is 44.3 Å². The summed E-state index contributed by atoms with van der Waals surface area (Å²) in [6, 6.07) is 4.78. The molecule has 1 aromatic carbocycles. The smallest absolute Gasteiger partial charge is 0.272 e. The Kier molecular flexibility index (Phi) is 8.95. The number of halogens is 3. The number of aliphatic hydroxyl groups excluding tert-OH is 1. The van der Waals surface area contributed by atoms with E-state index in [9.17, 15) is 18.0 Å². The van der Waals surface area contributed by atoms with Gasteiger partial charge in [-0.05, 0) is 75.4 Å². The number of carbonyl (C=O) groups is 1. The van der Waals surface area contributed by atoms with E-state index >= 15 is 0 Å². The number of aromatic nitrogens is 1. The minimum atomic E-state index is -2.68. The highest BCUT2D eigenvalue weighted by Crippen LogP contribution is 2.55. The molecular weight excluding hydrogens is 405 g/mol. The van der Waals surface area contributed by atoms with Crippen LogP contribution in [0.4, 0.5) is 18.9 Å². The molecule has 1 amide bonds. The minimum absolute atomic E-state index is 0. The van der Waals surface area contributed by atoms with Gasteiger partial charge in [-0.1, -0.05) is 5.92 Å². The van der Waals surface area contributed by atoms with Crippen LogP contribution in [-0.2, 0) is 7.05 Å². The van der Waals surface area contributed by atoms with Gasteiger partial charge < -0.3 is 15.0 Å². The molecule has 174 valence electrons. The zero-order valence-electron chi connectivity index (χ0n) is 18.9. The molecule has 1 saturated carbocycles. The molecule has 0 atom stereocenters. The molecule has 1 aliphatic rings. The second kappa shape index (κ2) is 10.5. The minimum Gasteiger partial charge on any atom is -0.397 e. The van der Waals surface area contributed by atoms with Crippen molar-refractivity contribution in [1.29, 1.82) is 0 Å². The van der Waals surface area contributed by atoms with Gasteiger partial charge in [-0.15, -0.1) is 6.42 Å². The molecule has 3 rings (SSSR count). The first-order valence-corrected chi connectivity index (χ1v) is 10.00. The van der Waals surface area contributed by atoms with Crippen LogP contribution in [0.1, 0.15) is 56.7 Å². The molecule has 7 heteroatoms. The van der Waals surface area contributed by atoms with Gasteiger partial charge in [0.25, 0.3) is 11.8 Å². The van der Waals surface area contributed by atoms with Crippen LogP contribution in [-0.4, -0.2) is 28.1 Å². The Bertz CT molecular complexity index is 960. The Morgan fingerprint density at radius 2 is 1.87 bits per heavy atom. The van der Waals surface area contributed by atoms with Gasteiger partial charge in [-0.2, -0.15) is 0 Å². The molecule has 1 fully saturated rings. The number of rotatable bonds is 3. The van der Waals surface area contributed by atoms with Crippen LogP contribution in [0.2, 0.25) is 0 Å². The molecule has 0 unspecified atom stereocenters. The molecule has 1 aromatic heterocycles. The summed E-state index contributed by atoms with van der Waals surface area (Å²) in [5.74, 6) is -0.986. The third kappa shape index (κ3) is 6.63. The van der Waals surface area contributed by atoms with Crippen LogP contribution >= 0.6 is 0 Å². The number of hydrogen-bond donors (Lipinski definition) is 2. The molecule has 0 saturated heterocycles. The molecule has 0 spiro atoms. The van der Waals surface area contributed by atoms with Gasteiger partial charge in [0.15, 0.2) is 0 Å².